The molecule has 0 fully saturated rings. The van der Waals surface area contributed by atoms with Crippen LogP contribution in [0.5, 0.6) is 0 Å². The molecule has 3 N–H and O–H groups in total. The molecule has 3 atom stereocenters. The summed E-state index contributed by atoms with van der Waals surface area (Å²) in [4.78, 5) is 26.2. The van der Waals surface area contributed by atoms with Crippen molar-refractivity contribution in [2.75, 3.05) is 6.61 Å². The van der Waals surface area contributed by atoms with Crippen LogP contribution in [-0.4, -0.2) is 46.9 Å². The Hall–Kier alpha value is -2.44. The van der Waals surface area contributed by atoms with Crippen molar-refractivity contribution in [1.29, 1.82) is 0 Å². The molecule has 0 bridgehead atoms. The van der Waals surface area contributed by atoms with Gasteiger partial charge in [-0.1, -0.05) is 223 Å². The molecule has 0 aromatic heterocycles. The first-order valence-corrected chi connectivity index (χ1v) is 27.5. The lowest BCUT2D eigenvalue weighted by Crippen LogP contribution is -2.46. The number of aliphatic hydroxyl groups is 2. The van der Waals surface area contributed by atoms with Crippen LogP contribution in [0.25, 0.3) is 0 Å². The highest BCUT2D eigenvalue weighted by Crippen LogP contribution is 2.18. The molecule has 0 aliphatic rings. The van der Waals surface area contributed by atoms with Gasteiger partial charge in [-0.3, -0.25) is 9.59 Å². The molecule has 0 aromatic rings. The van der Waals surface area contributed by atoms with E-state index in [4.69, 9.17) is 4.74 Å². The second-order valence-electron chi connectivity index (χ2n) is 18.6. The molecule has 6 heteroatoms. The molecule has 6 nitrogen and oxygen atoms in total. The summed E-state index contributed by atoms with van der Waals surface area (Å²) >= 11 is 0. The van der Waals surface area contributed by atoms with Gasteiger partial charge in [-0.05, 0) is 96.3 Å². The molecule has 0 aromatic carbocycles. The first-order chi connectivity index (χ1) is 31.5. The molecule has 0 saturated carbocycles. The molecule has 0 saturated heterocycles. The average Bonchev–Trinajstić information content (AvgIpc) is 3.29. The zero-order valence-corrected chi connectivity index (χ0v) is 42.4. The van der Waals surface area contributed by atoms with Gasteiger partial charge >= 0.3 is 5.97 Å². The Bertz CT molecular complexity index is 1140. The van der Waals surface area contributed by atoms with E-state index in [0.29, 0.717) is 19.3 Å². The number of rotatable bonds is 49. The van der Waals surface area contributed by atoms with Crippen LogP contribution in [0.1, 0.15) is 271 Å². The summed E-state index contributed by atoms with van der Waals surface area (Å²) in [6.07, 6.45) is 64.3. The Balaban J connectivity index is 4.58. The minimum atomic E-state index is -0.795. The zero-order chi connectivity index (χ0) is 46.7. The number of hydrogen-bond donors (Lipinski definition) is 3. The fourth-order valence-electron chi connectivity index (χ4n) is 8.11. The van der Waals surface area contributed by atoms with Crippen LogP contribution >= 0.6 is 0 Å². The number of hydrogen-bond acceptors (Lipinski definition) is 5. The van der Waals surface area contributed by atoms with Gasteiger partial charge in [-0.2, -0.15) is 0 Å². The summed E-state index contributed by atoms with van der Waals surface area (Å²) in [5.74, 6) is -0.497. The van der Waals surface area contributed by atoms with E-state index < -0.39 is 18.2 Å². The van der Waals surface area contributed by atoms with E-state index >= 15 is 0 Å². The normalized spacial score (nSPS) is 13.6. The number of esters is 1. The van der Waals surface area contributed by atoms with Gasteiger partial charge < -0.3 is 20.3 Å². The highest BCUT2D eigenvalue weighted by atomic mass is 16.5. The third-order valence-electron chi connectivity index (χ3n) is 12.3. The second kappa shape index (κ2) is 51.5. The first-order valence-electron chi connectivity index (χ1n) is 27.5. The van der Waals surface area contributed by atoms with Crippen molar-refractivity contribution in [3.05, 3.63) is 60.8 Å². The van der Waals surface area contributed by atoms with E-state index in [1.807, 2.05) is 0 Å². The predicted molar refractivity (Wildman–Crippen MR) is 278 cm³/mol. The number of nitrogens with one attached hydrogen (secondary N) is 1. The van der Waals surface area contributed by atoms with E-state index in [1.165, 1.54) is 135 Å². The van der Waals surface area contributed by atoms with Gasteiger partial charge in [0, 0.05) is 6.42 Å². The molecule has 0 spiro atoms. The van der Waals surface area contributed by atoms with E-state index in [2.05, 4.69) is 86.8 Å². The lowest BCUT2D eigenvalue weighted by molar-refractivity contribution is -0.151. The first kappa shape index (κ1) is 61.6. The van der Waals surface area contributed by atoms with Crippen LogP contribution in [0.2, 0.25) is 0 Å². The average molecular weight is 896 g/mol. The number of allylic oxidation sites excluding steroid dienone is 10. The summed E-state index contributed by atoms with van der Waals surface area (Å²) < 4.78 is 5.94. The molecule has 1 amide bonds. The Morgan fingerprint density at radius 3 is 1.23 bits per heavy atom. The summed E-state index contributed by atoms with van der Waals surface area (Å²) in [5, 5.41) is 23.7. The molecular formula is C58H105NO5. The number of carbonyl (C=O) groups is 2. The molecule has 0 rings (SSSR count). The van der Waals surface area contributed by atoms with Crippen molar-refractivity contribution in [1.82, 2.24) is 5.32 Å². The second-order valence-corrected chi connectivity index (χ2v) is 18.6. The van der Waals surface area contributed by atoms with Crippen LogP contribution in [-0.2, 0) is 14.3 Å². The van der Waals surface area contributed by atoms with E-state index in [0.717, 1.165) is 89.9 Å². The number of unbranched alkanes of at least 4 members (excludes halogenated alkanes) is 27. The quantitative estimate of drug-likeness (QED) is 0.0321. The molecular weight excluding hydrogens is 791 g/mol. The van der Waals surface area contributed by atoms with Crippen molar-refractivity contribution in [2.24, 2.45) is 0 Å². The predicted octanol–water partition coefficient (Wildman–Crippen LogP) is 16.8. The summed E-state index contributed by atoms with van der Waals surface area (Å²) in [6, 6.07) is -0.710. The fraction of sp³-hybridized carbons (Fsp3) is 0.793. The van der Waals surface area contributed by atoms with Gasteiger partial charge in [-0.25, -0.2) is 0 Å². The third-order valence-corrected chi connectivity index (χ3v) is 12.3. The highest BCUT2D eigenvalue weighted by molar-refractivity contribution is 5.77. The van der Waals surface area contributed by atoms with E-state index in [9.17, 15) is 19.8 Å². The van der Waals surface area contributed by atoms with Crippen LogP contribution in [0.4, 0.5) is 0 Å². The van der Waals surface area contributed by atoms with Crippen LogP contribution < -0.4 is 5.32 Å². The lowest BCUT2D eigenvalue weighted by atomic mass is 10.0. The van der Waals surface area contributed by atoms with E-state index in [1.54, 1.807) is 0 Å². The van der Waals surface area contributed by atoms with E-state index in [-0.39, 0.29) is 24.9 Å². The molecule has 3 unspecified atom stereocenters. The maximum atomic E-state index is 13.2. The van der Waals surface area contributed by atoms with Crippen molar-refractivity contribution in [2.45, 2.75) is 289 Å². The minimum absolute atomic E-state index is 0.0602. The SMILES string of the molecule is CCCCC/C=C\C/C=C\C/C=C\CCCCCCC(CC(=O)NC(CO)C(O)CCCCCCCCCCC)OC(=O)CCCCCCCCCCC/C=C\C/C=C\CCCCC. The maximum Gasteiger partial charge on any atom is 0.306 e. The van der Waals surface area contributed by atoms with Gasteiger partial charge in [0.15, 0.2) is 0 Å². The number of ether oxygens (including phenoxy) is 1. The van der Waals surface area contributed by atoms with Crippen LogP contribution in [0, 0.1) is 0 Å². The zero-order valence-electron chi connectivity index (χ0n) is 42.4. The maximum absolute atomic E-state index is 13.2. The Kier molecular flexibility index (Phi) is 49.6. The van der Waals surface area contributed by atoms with Crippen molar-refractivity contribution in [3.8, 4) is 0 Å². The minimum Gasteiger partial charge on any atom is -0.462 e. The van der Waals surface area contributed by atoms with Crippen molar-refractivity contribution >= 4 is 11.9 Å². The monoisotopic (exact) mass is 896 g/mol. The number of carbonyl (C=O) groups excluding carboxylic acids is 2. The Morgan fingerprint density at radius 2 is 0.797 bits per heavy atom. The third kappa shape index (κ3) is 46.1. The van der Waals surface area contributed by atoms with Gasteiger partial charge in [-0.15, -0.1) is 0 Å². The van der Waals surface area contributed by atoms with Crippen molar-refractivity contribution < 1.29 is 24.5 Å². The molecule has 0 aliphatic carbocycles. The summed E-state index contributed by atoms with van der Waals surface area (Å²) in [7, 11) is 0. The smallest absolute Gasteiger partial charge is 0.306 e. The largest absolute Gasteiger partial charge is 0.462 e. The van der Waals surface area contributed by atoms with Gasteiger partial charge in [0.1, 0.15) is 6.10 Å². The molecule has 64 heavy (non-hydrogen) atoms. The lowest BCUT2D eigenvalue weighted by Gasteiger charge is -2.24. The van der Waals surface area contributed by atoms with Crippen LogP contribution in [0.15, 0.2) is 60.8 Å². The molecule has 0 heterocycles. The van der Waals surface area contributed by atoms with Gasteiger partial charge in [0.25, 0.3) is 0 Å². The topological polar surface area (TPSA) is 95.9 Å². The van der Waals surface area contributed by atoms with Crippen LogP contribution in [0.3, 0.4) is 0 Å². The van der Waals surface area contributed by atoms with Gasteiger partial charge in [0.2, 0.25) is 5.91 Å². The standard InChI is InChI=1S/C58H105NO5/c1-4-7-10-13-16-19-21-23-25-27-28-30-32-34-36-39-42-45-48-51-58(63)64-54(49-46-43-40-38-35-33-31-29-26-24-22-20-17-14-11-8-5-2)52-57(62)59-55(53-60)56(61)50-47-44-41-37-18-15-12-9-6-3/h16-17,19-20,23-26,31,33,54-56,60-61H,4-15,18,21-22,27-30,32,34-53H2,1-3H3,(H,59,62)/b19-16-,20-17-,25-23-,26-24-,33-31-. The molecule has 0 radical (unpaired) electrons. The highest BCUT2D eigenvalue weighted by Gasteiger charge is 2.24. The fourth-order valence-corrected chi connectivity index (χ4v) is 8.11. The van der Waals surface area contributed by atoms with Crippen molar-refractivity contribution in [3.63, 3.8) is 0 Å². The summed E-state index contributed by atoms with van der Waals surface area (Å²) in [6.45, 7) is 6.42. The summed E-state index contributed by atoms with van der Waals surface area (Å²) in [5.41, 5.74) is 0. The number of aliphatic hydroxyl groups excluding tert-OH is 2. The Labute approximate surface area is 397 Å². The molecule has 372 valence electrons. The Morgan fingerprint density at radius 1 is 0.453 bits per heavy atom. The molecule has 0 aliphatic heterocycles. The van der Waals surface area contributed by atoms with Gasteiger partial charge in [0.05, 0.1) is 25.2 Å². The number of amides is 1.